The number of carbonyl (C=O) groups excluding carboxylic acids is 2. The van der Waals surface area contributed by atoms with E-state index in [1.807, 2.05) is 20.9 Å². The van der Waals surface area contributed by atoms with E-state index in [4.69, 9.17) is 4.74 Å². The largest absolute Gasteiger partial charge is 0.467 e. The number of hydrogen-bond donors (Lipinski definition) is 1. The van der Waals surface area contributed by atoms with Crippen LogP contribution in [0.25, 0.3) is 0 Å². The highest BCUT2D eigenvalue weighted by Crippen LogP contribution is 2.20. The van der Waals surface area contributed by atoms with E-state index in [-0.39, 0.29) is 17.8 Å². The molecule has 1 N–H and O–H groups in total. The maximum absolute atomic E-state index is 12.3. The molecule has 0 saturated heterocycles. The second-order valence-corrected chi connectivity index (χ2v) is 6.51. The number of esters is 1. The Balaban J connectivity index is 2.52. The Labute approximate surface area is 134 Å². The third-order valence-corrected chi connectivity index (χ3v) is 4.83. The molecule has 0 aliphatic heterocycles. The van der Waals surface area contributed by atoms with Crippen molar-refractivity contribution in [1.82, 2.24) is 10.2 Å². The zero-order valence-electron chi connectivity index (χ0n) is 14.6. The number of rotatable bonds is 7. The van der Waals surface area contributed by atoms with Crippen LogP contribution in [0.5, 0.6) is 0 Å². The predicted octanol–water partition coefficient (Wildman–Crippen LogP) is 2.34. The lowest BCUT2D eigenvalue weighted by atomic mass is 9.99. The van der Waals surface area contributed by atoms with Crippen molar-refractivity contribution in [3.05, 3.63) is 0 Å². The first-order valence-electron chi connectivity index (χ1n) is 8.57. The van der Waals surface area contributed by atoms with Gasteiger partial charge in [-0.05, 0) is 25.8 Å². The van der Waals surface area contributed by atoms with Crippen molar-refractivity contribution in [1.29, 1.82) is 0 Å². The molecule has 1 amide bonds. The van der Waals surface area contributed by atoms with Crippen molar-refractivity contribution >= 4 is 11.9 Å². The Morgan fingerprint density at radius 3 is 2.32 bits per heavy atom. The Morgan fingerprint density at radius 2 is 1.82 bits per heavy atom. The minimum atomic E-state index is -0.551. The fraction of sp³-hybridized carbons (Fsp3) is 0.882. The number of nitrogens with zero attached hydrogens (tertiary/aromatic N) is 1. The van der Waals surface area contributed by atoms with Crippen LogP contribution < -0.4 is 5.32 Å². The summed E-state index contributed by atoms with van der Waals surface area (Å²) in [7, 11) is 3.37. The van der Waals surface area contributed by atoms with Crippen LogP contribution in [0.2, 0.25) is 0 Å². The number of likely N-dealkylation sites (N-methyl/N-ethyl adjacent to an activating group) is 1. The van der Waals surface area contributed by atoms with Gasteiger partial charge in [-0.25, -0.2) is 4.79 Å². The first-order chi connectivity index (χ1) is 10.5. The third kappa shape index (κ3) is 5.95. The van der Waals surface area contributed by atoms with Crippen LogP contribution in [-0.4, -0.2) is 49.6 Å². The van der Waals surface area contributed by atoms with E-state index >= 15 is 0 Å². The van der Waals surface area contributed by atoms with Gasteiger partial charge in [-0.15, -0.1) is 0 Å². The molecule has 0 spiro atoms. The number of amides is 1. The second kappa shape index (κ2) is 9.82. The molecule has 1 aliphatic rings. The van der Waals surface area contributed by atoms with Crippen molar-refractivity contribution in [2.45, 2.75) is 70.9 Å². The lowest BCUT2D eigenvalue weighted by Crippen LogP contribution is -2.49. The van der Waals surface area contributed by atoms with Crippen molar-refractivity contribution < 1.29 is 14.3 Å². The van der Waals surface area contributed by atoms with Gasteiger partial charge in [-0.1, -0.05) is 46.0 Å². The average Bonchev–Trinajstić information content (AvgIpc) is 2.80. The average molecular weight is 312 g/mol. The summed E-state index contributed by atoms with van der Waals surface area (Å²) in [5, 5.41) is 2.85. The van der Waals surface area contributed by atoms with Gasteiger partial charge in [0.15, 0.2) is 0 Å². The molecule has 128 valence electrons. The highest BCUT2D eigenvalue weighted by molar-refractivity contribution is 5.85. The molecule has 0 aromatic carbocycles. The summed E-state index contributed by atoms with van der Waals surface area (Å²) >= 11 is 0. The van der Waals surface area contributed by atoms with E-state index < -0.39 is 6.04 Å². The molecule has 1 aliphatic carbocycles. The molecule has 1 fully saturated rings. The highest BCUT2D eigenvalue weighted by atomic mass is 16.5. The molecule has 22 heavy (non-hydrogen) atoms. The highest BCUT2D eigenvalue weighted by Gasteiger charge is 2.27. The molecule has 1 saturated carbocycles. The topological polar surface area (TPSA) is 58.6 Å². The van der Waals surface area contributed by atoms with E-state index in [1.54, 1.807) is 0 Å². The van der Waals surface area contributed by atoms with Gasteiger partial charge < -0.3 is 10.1 Å². The van der Waals surface area contributed by atoms with Crippen LogP contribution in [0, 0.1) is 5.92 Å². The fourth-order valence-electron chi connectivity index (χ4n) is 3.07. The van der Waals surface area contributed by atoms with E-state index in [9.17, 15) is 9.59 Å². The molecular weight excluding hydrogens is 280 g/mol. The molecule has 0 aromatic heterocycles. The number of hydrogen-bond acceptors (Lipinski definition) is 4. The molecular formula is C17H32N2O3. The van der Waals surface area contributed by atoms with Crippen LogP contribution in [0.3, 0.4) is 0 Å². The Kier molecular flexibility index (Phi) is 8.46. The standard InChI is InChI=1S/C17H32N2O3/c1-5-13(2)16(17(21)22-4)18-15(20)12-19(3)14-10-8-6-7-9-11-14/h13-14,16H,5-12H2,1-4H3,(H,18,20). The van der Waals surface area contributed by atoms with Crippen LogP contribution in [0.4, 0.5) is 0 Å². The van der Waals surface area contributed by atoms with Crippen LogP contribution in [0.1, 0.15) is 58.8 Å². The molecule has 0 radical (unpaired) electrons. The van der Waals surface area contributed by atoms with E-state index in [0.717, 1.165) is 19.3 Å². The number of carbonyl (C=O) groups is 2. The Hall–Kier alpha value is -1.10. The SMILES string of the molecule is CCC(C)C(NC(=O)CN(C)C1CCCCCC1)C(=O)OC. The van der Waals surface area contributed by atoms with Crippen molar-refractivity contribution in [2.24, 2.45) is 5.92 Å². The van der Waals surface area contributed by atoms with Crippen molar-refractivity contribution in [2.75, 3.05) is 20.7 Å². The van der Waals surface area contributed by atoms with Gasteiger partial charge >= 0.3 is 5.97 Å². The summed E-state index contributed by atoms with van der Waals surface area (Å²) < 4.78 is 4.81. The summed E-state index contributed by atoms with van der Waals surface area (Å²) in [6.07, 6.45) is 8.23. The molecule has 2 atom stereocenters. The van der Waals surface area contributed by atoms with E-state index in [2.05, 4.69) is 10.2 Å². The molecule has 0 heterocycles. The maximum Gasteiger partial charge on any atom is 0.328 e. The maximum atomic E-state index is 12.3. The Morgan fingerprint density at radius 1 is 1.23 bits per heavy atom. The summed E-state index contributed by atoms with van der Waals surface area (Å²) in [5.41, 5.74) is 0. The van der Waals surface area contributed by atoms with Gasteiger partial charge in [0.25, 0.3) is 0 Å². The second-order valence-electron chi connectivity index (χ2n) is 6.51. The molecule has 1 rings (SSSR count). The summed E-state index contributed by atoms with van der Waals surface area (Å²) in [6, 6.07) is -0.0709. The molecule has 2 unspecified atom stereocenters. The minimum Gasteiger partial charge on any atom is -0.467 e. The zero-order chi connectivity index (χ0) is 16.5. The van der Waals surface area contributed by atoms with Gasteiger partial charge in [0.05, 0.1) is 13.7 Å². The lowest BCUT2D eigenvalue weighted by Gasteiger charge is -2.28. The van der Waals surface area contributed by atoms with Gasteiger partial charge in [0.1, 0.15) is 6.04 Å². The van der Waals surface area contributed by atoms with Crippen molar-refractivity contribution in [3.63, 3.8) is 0 Å². The monoisotopic (exact) mass is 312 g/mol. The van der Waals surface area contributed by atoms with Crippen LogP contribution >= 0.6 is 0 Å². The Bertz CT molecular complexity index is 352. The molecule has 5 heteroatoms. The van der Waals surface area contributed by atoms with Crippen LogP contribution in [0.15, 0.2) is 0 Å². The number of nitrogens with one attached hydrogen (secondary N) is 1. The van der Waals surface area contributed by atoms with Crippen LogP contribution in [-0.2, 0) is 14.3 Å². The molecule has 5 nitrogen and oxygen atoms in total. The van der Waals surface area contributed by atoms with Gasteiger partial charge in [-0.2, -0.15) is 0 Å². The molecule has 0 aromatic rings. The summed E-state index contributed by atoms with van der Waals surface area (Å²) in [4.78, 5) is 26.2. The van der Waals surface area contributed by atoms with E-state index in [1.165, 1.54) is 32.8 Å². The third-order valence-electron chi connectivity index (χ3n) is 4.83. The molecule has 0 bridgehead atoms. The van der Waals surface area contributed by atoms with Gasteiger partial charge in [-0.3, -0.25) is 9.69 Å². The first-order valence-corrected chi connectivity index (χ1v) is 8.57. The summed E-state index contributed by atoms with van der Waals surface area (Å²) in [6.45, 7) is 4.30. The van der Waals surface area contributed by atoms with Gasteiger partial charge in [0, 0.05) is 6.04 Å². The predicted molar refractivity (Wildman–Crippen MR) is 87.5 cm³/mol. The van der Waals surface area contributed by atoms with Crippen molar-refractivity contribution in [3.8, 4) is 0 Å². The first kappa shape index (κ1) is 18.9. The number of methoxy groups -OCH3 is 1. The van der Waals surface area contributed by atoms with Gasteiger partial charge in [0.2, 0.25) is 5.91 Å². The zero-order valence-corrected chi connectivity index (χ0v) is 14.6. The quantitative estimate of drug-likeness (QED) is 0.579. The lowest BCUT2D eigenvalue weighted by molar-refractivity contribution is -0.146. The summed E-state index contributed by atoms with van der Waals surface area (Å²) in [5.74, 6) is -0.387. The smallest absolute Gasteiger partial charge is 0.328 e. The normalized spacial score (nSPS) is 19.3. The van der Waals surface area contributed by atoms with E-state index in [0.29, 0.717) is 12.6 Å². The number of ether oxygens (including phenoxy) is 1. The minimum absolute atomic E-state index is 0.0691. The fourth-order valence-corrected chi connectivity index (χ4v) is 3.07.